The van der Waals surface area contributed by atoms with Gasteiger partial charge in [-0.2, -0.15) is 0 Å². The Hall–Kier alpha value is -3.09. The van der Waals surface area contributed by atoms with E-state index in [1.165, 1.54) is 12.7 Å². The van der Waals surface area contributed by atoms with Crippen molar-refractivity contribution in [2.45, 2.75) is 25.8 Å². The first-order valence-electron chi connectivity index (χ1n) is 10.6. The smallest absolute Gasteiger partial charge is 0.193 e. The molecule has 0 fully saturated rings. The Kier molecular flexibility index (Phi) is 6.35. The monoisotopic (exact) mass is 451 g/mol. The predicted molar refractivity (Wildman–Crippen MR) is 127 cm³/mol. The molecule has 1 aromatic heterocycles. The number of rotatable bonds is 7. The number of benzene rings is 2. The molecule has 6 nitrogen and oxygen atoms in total. The number of nitrogens with one attached hydrogen (secondary N) is 1. The lowest BCUT2D eigenvalue weighted by atomic mass is 9.80. The number of nitrogens with zero attached hydrogens (tertiary/aromatic N) is 1. The minimum atomic E-state index is -0.116. The molecule has 0 spiro atoms. The van der Waals surface area contributed by atoms with Crippen LogP contribution in [-0.4, -0.2) is 35.4 Å². The van der Waals surface area contributed by atoms with Gasteiger partial charge >= 0.3 is 0 Å². The van der Waals surface area contributed by atoms with Crippen LogP contribution in [0.25, 0.3) is 16.5 Å². The summed E-state index contributed by atoms with van der Waals surface area (Å²) in [7, 11) is 1.46. The number of hydrogen-bond donors (Lipinski definition) is 3. The quantitative estimate of drug-likeness (QED) is 0.284. The fourth-order valence-corrected chi connectivity index (χ4v) is 4.72. The van der Waals surface area contributed by atoms with Gasteiger partial charge in [0.05, 0.1) is 19.3 Å². The lowest BCUT2D eigenvalue weighted by molar-refractivity contribution is 0.0910. The Labute approximate surface area is 191 Å². The lowest BCUT2D eigenvalue weighted by Gasteiger charge is -2.23. The molecule has 0 radical (unpaired) electrons. The summed E-state index contributed by atoms with van der Waals surface area (Å²) in [5.41, 5.74) is 10.9. The number of carbonyl (C=O) groups excluding carboxylic acids is 1. The molecule has 1 atom stereocenters. The van der Waals surface area contributed by atoms with Gasteiger partial charge in [0, 0.05) is 46.4 Å². The third kappa shape index (κ3) is 4.04. The molecule has 7 heteroatoms. The number of carbonyl (C=O) groups is 1. The molecule has 0 saturated carbocycles. The molecule has 0 bridgehead atoms. The Balaban J connectivity index is 1.74. The highest BCUT2D eigenvalue weighted by Crippen LogP contribution is 2.33. The molecule has 32 heavy (non-hydrogen) atoms. The zero-order chi connectivity index (χ0) is 22.8. The van der Waals surface area contributed by atoms with Gasteiger partial charge in [-0.25, -0.2) is 0 Å². The SMILES string of the molecule is CO/C(N)=C(/C=N)c1ccc2c(C(=O)C3CCc4ccc(Cl)cc4C3)cn(CCO)c2c1. The summed E-state index contributed by atoms with van der Waals surface area (Å²) in [5, 5.41) is 18.8. The number of aromatic nitrogens is 1. The lowest BCUT2D eigenvalue weighted by Crippen LogP contribution is -2.22. The van der Waals surface area contributed by atoms with E-state index in [1.807, 2.05) is 47.2 Å². The van der Waals surface area contributed by atoms with E-state index < -0.39 is 0 Å². The predicted octanol–water partition coefficient (Wildman–Crippen LogP) is 4.20. The Morgan fingerprint density at radius 2 is 2.12 bits per heavy atom. The van der Waals surface area contributed by atoms with E-state index in [0.717, 1.165) is 35.5 Å². The summed E-state index contributed by atoms with van der Waals surface area (Å²) in [6.07, 6.45) is 5.30. The first-order valence-corrected chi connectivity index (χ1v) is 10.9. The van der Waals surface area contributed by atoms with Crippen LogP contribution in [0.3, 0.4) is 0 Å². The maximum absolute atomic E-state index is 13.6. The second kappa shape index (κ2) is 9.18. The molecule has 1 unspecified atom stereocenters. The van der Waals surface area contributed by atoms with E-state index in [4.69, 9.17) is 27.5 Å². The minimum absolute atomic E-state index is 0.0512. The van der Waals surface area contributed by atoms with Crippen molar-refractivity contribution in [1.82, 2.24) is 4.57 Å². The van der Waals surface area contributed by atoms with Gasteiger partial charge in [-0.1, -0.05) is 29.8 Å². The summed E-state index contributed by atoms with van der Waals surface area (Å²) in [6, 6.07) is 11.5. The number of aliphatic hydroxyl groups is 1. The highest BCUT2D eigenvalue weighted by Gasteiger charge is 2.28. The highest BCUT2D eigenvalue weighted by molar-refractivity contribution is 6.30. The van der Waals surface area contributed by atoms with Crippen LogP contribution < -0.4 is 5.73 Å². The van der Waals surface area contributed by atoms with Crippen molar-refractivity contribution in [1.29, 1.82) is 5.41 Å². The van der Waals surface area contributed by atoms with Crippen LogP contribution in [0.5, 0.6) is 0 Å². The number of halogens is 1. The maximum atomic E-state index is 13.6. The second-order valence-electron chi connectivity index (χ2n) is 8.04. The number of fused-ring (bicyclic) bond motifs is 2. The number of aliphatic hydroxyl groups excluding tert-OH is 1. The average Bonchev–Trinajstić information content (AvgIpc) is 3.16. The zero-order valence-corrected chi connectivity index (χ0v) is 18.7. The van der Waals surface area contributed by atoms with Crippen LogP contribution in [0.15, 0.2) is 48.5 Å². The molecule has 4 N–H and O–H groups in total. The van der Waals surface area contributed by atoms with E-state index in [0.29, 0.717) is 34.7 Å². The first kappa shape index (κ1) is 22.1. The fourth-order valence-electron chi connectivity index (χ4n) is 4.52. The first-order chi connectivity index (χ1) is 15.5. The number of hydrogen-bond acceptors (Lipinski definition) is 5. The molecule has 1 aliphatic rings. The summed E-state index contributed by atoms with van der Waals surface area (Å²) in [6.45, 7) is 0.310. The van der Waals surface area contributed by atoms with Gasteiger partial charge in [0.15, 0.2) is 11.7 Å². The van der Waals surface area contributed by atoms with Crippen molar-refractivity contribution < 1.29 is 14.6 Å². The molecule has 1 aliphatic carbocycles. The number of methoxy groups -OCH3 is 1. The summed E-state index contributed by atoms with van der Waals surface area (Å²) >= 11 is 6.17. The van der Waals surface area contributed by atoms with E-state index in [9.17, 15) is 9.90 Å². The van der Waals surface area contributed by atoms with Gasteiger partial charge in [0.1, 0.15) is 0 Å². The van der Waals surface area contributed by atoms with Crippen molar-refractivity contribution >= 4 is 40.1 Å². The number of allylic oxidation sites excluding steroid dienone is 1. The van der Waals surface area contributed by atoms with Gasteiger partial charge in [0.2, 0.25) is 0 Å². The van der Waals surface area contributed by atoms with Gasteiger partial charge in [-0.15, -0.1) is 0 Å². The Morgan fingerprint density at radius 1 is 1.31 bits per heavy atom. The van der Waals surface area contributed by atoms with Crippen LogP contribution >= 0.6 is 11.6 Å². The molecule has 3 aromatic rings. The number of Topliss-reactive ketones (excluding diaryl/α,β-unsaturated/α-hetero) is 1. The van der Waals surface area contributed by atoms with E-state index in [1.54, 1.807) is 0 Å². The zero-order valence-electron chi connectivity index (χ0n) is 17.9. The largest absolute Gasteiger partial charge is 0.482 e. The molecule has 0 amide bonds. The average molecular weight is 452 g/mol. The van der Waals surface area contributed by atoms with Gasteiger partial charge in [-0.3, -0.25) is 4.79 Å². The second-order valence-corrected chi connectivity index (χ2v) is 8.47. The maximum Gasteiger partial charge on any atom is 0.193 e. The summed E-state index contributed by atoms with van der Waals surface area (Å²) in [4.78, 5) is 13.6. The summed E-state index contributed by atoms with van der Waals surface area (Å²) < 4.78 is 6.98. The highest BCUT2D eigenvalue weighted by atomic mass is 35.5. The third-order valence-corrected chi connectivity index (χ3v) is 6.43. The van der Waals surface area contributed by atoms with Crippen molar-refractivity contribution in [3.63, 3.8) is 0 Å². The molecule has 2 aromatic carbocycles. The van der Waals surface area contributed by atoms with Crippen molar-refractivity contribution in [2.24, 2.45) is 11.7 Å². The van der Waals surface area contributed by atoms with E-state index in [2.05, 4.69) is 0 Å². The standard InChI is InChI=1S/C25H26ClN3O3/c1-32-25(28)21(13-27)16-5-7-20-22(14-29(8-9-30)23(20)12-16)24(31)17-3-2-15-4-6-19(26)11-18(15)10-17/h4-7,11-14,17,27,30H,2-3,8-10,28H2,1H3/b25-21-,27-13?. The fraction of sp³-hybridized carbons (Fsp3) is 0.280. The molecule has 4 rings (SSSR count). The third-order valence-electron chi connectivity index (χ3n) is 6.20. The Bertz CT molecular complexity index is 1230. The number of ether oxygens (including phenoxy) is 1. The van der Waals surface area contributed by atoms with Gasteiger partial charge in [0.25, 0.3) is 0 Å². The van der Waals surface area contributed by atoms with Gasteiger partial charge < -0.3 is 25.6 Å². The number of ketones is 1. The van der Waals surface area contributed by atoms with Crippen molar-refractivity contribution in [2.75, 3.05) is 13.7 Å². The van der Waals surface area contributed by atoms with Crippen molar-refractivity contribution in [3.8, 4) is 0 Å². The molecular formula is C25H26ClN3O3. The normalized spacial score (nSPS) is 16.4. The number of aryl methyl sites for hydroxylation is 1. The minimum Gasteiger partial charge on any atom is -0.482 e. The van der Waals surface area contributed by atoms with Crippen LogP contribution in [0.4, 0.5) is 0 Å². The number of nitrogens with two attached hydrogens (primary N) is 1. The molecule has 0 saturated heterocycles. The molecule has 0 aliphatic heterocycles. The van der Waals surface area contributed by atoms with Crippen molar-refractivity contribution in [3.05, 3.63) is 75.8 Å². The topological polar surface area (TPSA) is 101 Å². The van der Waals surface area contributed by atoms with Gasteiger partial charge in [-0.05, 0) is 54.2 Å². The molecular weight excluding hydrogens is 426 g/mol. The van der Waals surface area contributed by atoms with E-state index in [-0.39, 0.29) is 24.2 Å². The van der Waals surface area contributed by atoms with Crippen LogP contribution in [0.1, 0.15) is 33.5 Å². The van der Waals surface area contributed by atoms with Crippen LogP contribution in [0, 0.1) is 11.3 Å². The van der Waals surface area contributed by atoms with Crippen LogP contribution in [0.2, 0.25) is 5.02 Å². The Morgan fingerprint density at radius 3 is 2.84 bits per heavy atom. The van der Waals surface area contributed by atoms with Crippen LogP contribution in [-0.2, 0) is 24.1 Å². The molecule has 166 valence electrons. The molecule has 1 heterocycles. The van der Waals surface area contributed by atoms with E-state index >= 15 is 0 Å². The summed E-state index contributed by atoms with van der Waals surface area (Å²) in [5.74, 6) is 0.134.